The van der Waals surface area contributed by atoms with E-state index in [-0.39, 0.29) is 17.5 Å². The molecule has 1 aliphatic rings. The number of carbonyl (C=O) groups excluding carboxylic acids is 1. The molecule has 4 rings (SSSR count). The minimum atomic E-state index is -0.253. The van der Waals surface area contributed by atoms with Crippen molar-refractivity contribution >= 4 is 28.3 Å². The van der Waals surface area contributed by atoms with Gasteiger partial charge in [-0.05, 0) is 43.9 Å². The first-order chi connectivity index (χ1) is 13.5. The van der Waals surface area contributed by atoms with Gasteiger partial charge in [0.15, 0.2) is 0 Å². The van der Waals surface area contributed by atoms with Crippen molar-refractivity contribution in [1.82, 2.24) is 19.7 Å². The number of benzene rings is 1. The molecule has 0 aliphatic carbocycles. The molecule has 0 radical (unpaired) electrons. The van der Waals surface area contributed by atoms with Crippen LogP contribution in [0, 0.1) is 0 Å². The number of anilines is 2. The normalized spacial score (nSPS) is 14.4. The van der Waals surface area contributed by atoms with E-state index in [0.717, 1.165) is 42.8 Å². The minimum Gasteiger partial charge on any atom is -0.370 e. The number of hydrogen-bond donors (Lipinski definition) is 3. The second-order valence-corrected chi connectivity index (χ2v) is 7.57. The molecule has 1 aliphatic heterocycles. The first-order valence-corrected chi connectivity index (χ1v) is 9.86. The van der Waals surface area contributed by atoms with E-state index in [2.05, 4.69) is 39.1 Å². The fraction of sp³-hybridized carbons (Fsp3) is 0.450. The van der Waals surface area contributed by atoms with Crippen molar-refractivity contribution in [2.24, 2.45) is 0 Å². The van der Waals surface area contributed by atoms with Crippen molar-refractivity contribution in [1.29, 1.82) is 0 Å². The molecule has 1 aromatic carbocycles. The summed E-state index contributed by atoms with van der Waals surface area (Å²) in [6, 6.07) is 5.62. The summed E-state index contributed by atoms with van der Waals surface area (Å²) in [5.41, 5.74) is 4.24. The molecule has 28 heavy (non-hydrogen) atoms. The smallest absolute Gasteiger partial charge is 0.323 e. The Kier molecular flexibility index (Phi) is 4.70. The van der Waals surface area contributed by atoms with Crippen molar-refractivity contribution in [3.63, 3.8) is 0 Å². The number of aromatic amines is 2. The topological polar surface area (TPSA) is 98.8 Å². The number of H-pyrrole nitrogens is 2. The predicted molar refractivity (Wildman–Crippen MR) is 110 cm³/mol. The van der Waals surface area contributed by atoms with Gasteiger partial charge in [0.25, 0.3) is 5.91 Å². The molecule has 1 amide bonds. The Hall–Kier alpha value is -3.03. The summed E-state index contributed by atoms with van der Waals surface area (Å²) in [5.74, 6) is 0.0553. The Labute approximate surface area is 162 Å². The van der Waals surface area contributed by atoms with Gasteiger partial charge in [-0.3, -0.25) is 9.48 Å². The van der Waals surface area contributed by atoms with Gasteiger partial charge in [0, 0.05) is 19.6 Å². The lowest BCUT2D eigenvalue weighted by Crippen LogP contribution is -2.22. The number of aromatic nitrogens is 4. The lowest BCUT2D eigenvalue weighted by Gasteiger charge is -2.22. The zero-order chi connectivity index (χ0) is 19.8. The number of nitrogens with zero attached hydrogens (tertiary/aromatic N) is 3. The highest BCUT2D eigenvalue weighted by atomic mass is 16.2. The van der Waals surface area contributed by atoms with E-state index in [1.54, 1.807) is 4.68 Å². The maximum Gasteiger partial charge on any atom is 0.323 e. The van der Waals surface area contributed by atoms with Crippen LogP contribution in [0.2, 0.25) is 0 Å². The van der Waals surface area contributed by atoms with Crippen molar-refractivity contribution in [2.75, 3.05) is 23.3 Å². The van der Waals surface area contributed by atoms with Crippen LogP contribution >= 0.6 is 0 Å². The van der Waals surface area contributed by atoms with Gasteiger partial charge < -0.3 is 20.2 Å². The maximum atomic E-state index is 13.1. The largest absolute Gasteiger partial charge is 0.370 e. The molecule has 0 spiro atoms. The van der Waals surface area contributed by atoms with Gasteiger partial charge in [0.1, 0.15) is 5.69 Å². The zero-order valence-corrected chi connectivity index (χ0v) is 16.5. The molecule has 2 aromatic heterocycles. The standard InChI is InChI=1S/C20H26N6O2/c1-4-26-18(10-13(24-26)12(2)3)19(27)21-16-9-14-15(23-20(28)22-14)11-17(16)25-7-5-6-8-25/h9-12H,4-8H2,1-3H3,(H,21,27)(H2,22,23,28). The number of fused-ring (bicyclic) bond motifs is 1. The van der Waals surface area contributed by atoms with Crippen LogP contribution < -0.4 is 15.9 Å². The Morgan fingerprint density at radius 3 is 2.50 bits per heavy atom. The predicted octanol–water partition coefficient (Wildman–Crippen LogP) is 3.05. The Morgan fingerprint density at radius 2 is 1.86 bits per heavy atom. The quantitative estimate of drug-likeness (QED) is 0.631. The Bertz CT molecular complexity index is 1070. The van der Waals surface area contributed by atoms with Crippen LogP contribution in [0.5, 0.6) is 0 Å². The average Bonchev–Trinajstić information content (AvgIpc) is 3.39. The van der Waals surface area contributed by atoms with E-state index in [0.29, 0.717) is 23.4 Å². The van der Waals surface area contributed by atoms with Crippen LogP contribution in [0.1, 0.15) is 55.7 Å². The second kappa shape index (κ2) is 7.18. The van der Waals surface area contributed by atoms with Crippen LogP contribution in [-0.4, -0.2) is 38.7 Å². The van der Waals surface area contributed by atoms with E-state index in [4.69, 9.17) is 0 Å². The summed E-state index contributed by atoms with van der Waals surface area (Å²) in [6.45, 7) is 8.59. The van der Waals surface area contributed by atoms with E-state index in [1.807, 2.05) is 25.1 Å². The second-order valence-electron chi connectivity index (χ2n) is 7.57. The maximum absolute atomic E-state index is 13.1. The molecule has 8 nitrogen and oxygen atoms in total. The minimum absolute atomic E-state index is 0.195. The fourth-order valence-corrected chi connectivity index (χ4v) is 3.72. The lowest BCUT2D eigenvalue weighted by molar-refractivity contribution is 0.101. The monoisotopic (exact) mass is 382 g/mol. The summed E-state index contributed by atoms with van der Waals surface area (Å²) in [4.78, 5) is 32.6. The highest BCUT2D eigenvalue weighted by Crippen LogP contribution is 2.32. The molecule has 3 N–H and O–H groups in total. The van der Waals surface area contributed by atoms with Crippen LogP contribution in [0.15, 0.2) is 23.0 Å². The fourth-order valence-electron chi connectivity index (χ4n) is 3.72. The van der Waals surface area contributed by atoms with Crippen LogP contribution in [0.4, 0.5) is 11.4 Å². The summed E-state index contributed by atoms with van der Waals surface area (Å²) in [7, 11) is 0. The third-order valence-corrected chi connectivity index (χ3v) is 5.25. The van der Waals surface area contributed by atoms with Gasteiger partial charge in [0.2, 0.25) is 0 Å². The molecule has 0 unspecified atom stereocenters. The molecular formula is C20H26N6O2. The highest BCUT2D eigenvalue weighted by Gasteiger charge is 2.21. The first kappa shape index (κ1) is 18.3. The number of carbonyl (C=O) groups is 1. The summed E-state index contributed by atoms with van der Waals surface area (Å²) in [5, 5.41) is 7.59. The molecule has 0 atom stereocenters. The molecule has 1 saturated heterocycles. The number of nitrogens with one attached hydrogen (secondary N) is 3. The number of amides is 1. The first-order valence-electron chi connectivity index (χ1n) is 9.86. The van der Waals surface area contributed by atoms with E-state index >= 15 is 0 Å². The summed E-state index contributed by atoms with van der Waals surface area (Å²) in [6.07, 6.45) is 2.24. The molecule has 0 saturated carbocycles. The molecule has 3 aromatic rings. The summed E-state index contributed by atoms with van der Waals surface area (Å²) < 4.78 is 1.73. The SMILES string of the molecule is CCn1nc(C(C)C)cc1C(=O)Nc1cc2[nH]c(=O)[nH]c2cc1N1CCCC1. The van der Waals surface area contributed by atoms with Crippen molar-refractivity contribution in [3.8, 4) is 0 Å². The van der Waals surface area contributed by atoms with E-state index in [9.17, 15) is 9.59 Å². The third-order valence-electron chi connectivity index (χ3n) is 5.25. The summed E-state index contributed by atoms with van der Waals surface area (Å²) >= 11 is 0. The molecule has 1 fully saturated rings. The van der Waals surface area contributed by atoms with Gasteiger partial charge in [-0.2, -0.15) is 5.10 Å². The molecular weight excluding hydrogens is 356 g/mol. The third kappa shape index (κ3) is 3.30. The van der Waals surface area contributed by atoms with Crippen molar-refractivity contribution in [2.45, 2.75) is 46.1 Å². The van der Waals surface area contributed by atoms with E-state index < -0.39 is 0 Å². The van der Waals surface area contributed by atoms with Gasteiger partial charge in [-0.1, -0.05) is 13.8 Å². The van der Waals surface area contributed by atoms with E-state index in [1.165, 1.54) is 0 Å². The Morgan fingerprint density at radius 1 is 1.18 bits per heavy atom. The molecule has 3 heterocycles. The van der Waals surface area contributed by atoms with Gasteiger partial charge in [-0.15, -0.1) is 0 Å². The number of rotatable bonds is 5. The van der Waals surface area contributed by atoms with Crippen molar-refractivity contribution < 1.29 is 4.79 Å². The number of hydrogen-bond acceptors (Lipinski definition) is 4. The lowest BCUT2D eigenvalue weighted by atomic mass is 10.1. The van der Waals surface area contributed by atoms with Gasteiger partial charge >= 0.3 is 5.69 Å². The molecule has 0 bridgehead atoms. The Balaban J connectivity index is 1.73. The average molecular weight is 382 g/mol. The van der Waals surface area contributed by atoms with Crippen LogP contribution in [-0.2, 0) is 6.54 Å². The van der Waals surface area contributed by atoms with Crippen molar-refractivity contribution in [3.05, 3.63) is 40.1 Å². The zero-order valence-electron chi connectivity index (χ0n) is 16.5. The van der Waals surface area contributed by atoms with Crippen LogP contribution in [0.25, 0.3) is 11.0 Å². The highest BCUT2D eigenvalue weighted by molar-refractivity contribution is 6.06. The van der Waals surface area contributed by atoms with Crippen LogP contribution in [0.3, 0.4) is 0 Å². The van der Waals surface area contributed by atoms with Gasteiger partial charge in [-0.25, -0.2) is 4.79 Å². The molecule has 148 valence electrons. The number of imidazole rings is 1. The number of aryl methyl sites for hydroxylation is 1. The van der Waals surface area contributed by atoms with Gasteiger partial charge in [0.05, 0.1) is 28.1 Å². The molecule has 8 heteroatoms.